The summed E-state index contributed by atoms with van der Waals surface area (Å²) in [6, 6.07) is 9.72. The molecule has 0 aromatic heterocycles. The maximum atomic E-state index is 13.8. The summed E-state index contributed by atoms with van der Waals surface area (Å²) in [6.07, 6.45) is -0.00574. The lowest BCUT2D eigenvalue weighted by Gasteiger charge is -2.06. The molecule has 2 aromatic carbocycles. The molecule has 0 heterocycles. The maximum Gasteiger partial charge on any atom is 0.173 e. The standard InChI is InChI=1S/C15H11F2IO/c1-9-2-7-12(16)14(15(9)17)13(19)8-10-3-5-11(18)6-4-10/h2-7H,8H2,1H3. The van der Waals surface area contributed by atoms with E-state index in [0.717, 1.165) is 15.2 Å². The molecule has 0 bridgehead atoms. The summed E-state index contributed by atoms with van der Waals surface area (Å²) in [7, 11) is 0. The van der Waals surface area contributed by atoms with Gasteiger partial charge in [0.15, 0.2) is 5.78 Å². The van der Waals surface area contributed by atoms with Crippen molar-refractivity contribution in [3.63, 3.8) is 0 Å². The van der Waals surface area contributed by atoms with Crippen LogP contribution in [0.3, 0.4) is 0 Å². The lowest BCUT2D eigenvalue weighted by atomic mass is 10.0. The molecule has 0 N–H and O–H groups in total. The molecule has 2 rings (SSSR count). The fraction of sp³-hybridized carbons (Fsp3) is 0.133. The van der Waals surface area contributed by atoms with Gasteiger partial charge >= 0.3 is 0 Å². The molecule has 1 nitrogen and oxygen atoms in total. The first-order valence-corrected chi connectivity index (χ1v) is 6.79. The Morgan fingerprint density at radius 3 is 2.37 bits per heavy atom. The quantitative estimate of drug-likeness (QED) is 0.580. The van der Waals surface area contributed by atoms with Gasteiger partial charge in [0.25, 0.3) is 0 Å². The van der Waals surface area contributed by atoms with E-state index in [1.54, 1.807) is 12.1 Å². The predicted octanol–water partition coefficient (Wildman–Crippen LogP) is 4.30. The van der Waals surface area contributed by atoms with Crippen molar-refractivity contribution in [1.82, 2.24) is 0 Å². The summed E-state index contributed by atoms with van der Waals surface area (Å²) in [5.74, 6) is -2.12. The highest BCUT2D eigenvalue weighted by atomic mass is 127. The van der Waals surface area contributed by atoms with Gasteiger partial charge in [-0.1, -0.05) is 18.2 Å². The highest BCUT2D eigenvalue weighted by Crippen LogP contribution is 2.19. The molecule has 0 unspecified atom stereocenters. The van der Waals surface area contributed by atoms with Crippen LogP contribution < -0.4 is 0 Å². The molecule has 0 aliphatic rings. The Morgan fingerprint density at radius 1 is 1.11 bits per heavy atom. The first kappa shape index (κ1) is 14.1. The summed E-state index contributed by atoms with van der Waals surface area (Å²) >= 11 is 2.15. The molecule has 19 heavy (non-hydrogen) atoms. The Labute approximate surface area is 123 Å². The van der Waals surface area contributed by atoms with Crippen LogP contribution in [0.4, 0.5) is 8.78 Å². The number of aryl methyl sites for hydroxylation is 1. The van der Waals surface area contributed by atoms with E-state index in [0.29, 0.717) is 0 Å². The van der Waals surface area contributed by atoms with Crippen LogP contribution in [0.2, 0.25) is 0 Å². The van der Waals surface area contributed by atoms with Crippen LogP contribution in [0.15, 0.2) is 36.4 Å². The fourth-order valence-corrected chi connectivity index (χ4v) is 2.15. The van der Waals surface area contributed by atoms with Crippen LogP contribution in [0.25, 0.3) is 0 Å². The Hall–Kier alpha value is -1.30. The third-order valence-corrected chi connectivity index (χ3v) is 3.56. The fourth-order valence-electron chi connectivity index (χ4n) is 1.79. The molecule has 0 aliphatic carbocycles. The van der Waals surface area contributed by atoms with Crippen molar-refractivity contribution in [3.8, 4) is 0 Å². The van der Waals surface area contributed by atoms with E-state index < -0.39 is 23.0 Å². The molecule has 0 spiro atoms. The second-order valence-electron chi connectivity index (χ2n) is 4.28. The zero-order valence-corrected chi connectivity index (χ0v) is 12.4. The topological polar surface area (TPSA) is 17.1 Å². The van der Waals surface area contributed by atoms with Crippen molar-refractivity contribution in [1.29, 1.82) is 0 Å². The summed E-state index contributed by atoms with van der Waals surface area (Å²) in [6.45, 7) is 1.51. The zero-order chi connectivity index (χ0) is 14.0. The zero-order valence-electron chi connectivity index (χ0n) is 10.2. The van der Waals surface area contributed by atoms with Crippen molar-refractivity contribution >= 4 is 28.4 Å². The number of benzene rings is 2. The third-order valence-electron chi connectivity index (χ3n) is 2.84. The molecule has 0 saturated carbocycles. The number of carbonyl (C=O) groups is 1. The Kier molecular flexibility index (Phi) is 4.29. The highest BCUT2D eigenvalue weighted by Gasteiger charge is 2.19. The predicted molar refractivity (Wildman–Crippen MR) is 78.3 cm³/mol. The van der Waals surface area contributed by atoms with E-state index in [9.17, 15) is 13.6 Å². The molecule has 0 fully saturated rings. The SMILES string of the molecule is Cc1ccc(F)c(C(=O)Cc2ccc(I)cc2)c1F. The minimum atomic E-state index is -0.807. The minimum Gasteiger partial charge on any atom is -0.294 e. The summed E-state index contributed by atoms with van der Waals surface area (Å²) in [5.41, 5.74) is 0.566. The third kappa shape index (κ3) is 3.18. The van der Waals surface area contributed by atoms with Crippen LogP contribution >= 0.6 is 22.6 Å². The average molecular weight is 372 g/mol. The van der Waals surface area contributed by atoms with E-state index in [1.807, 2.05) is 12.1 Å². The number of carbonyl (C=O) groups excluding carboxylic acids is 1. The van der Waals surface area contributed by atoms with Gasteiger partial charge in [-0.3, -0.25) is 4.79 Å². The normalized spacial score (nSPS) is 10.5. The molecular weight excluding hydrogens is 361 g/mol. The largest absolute Gasteiger partial charge is 0.294 e. The lowest BCUT2D eigenvalue weighted by Crippen LogP contribution is -2.10. The van der Waals surface area contributed by atoms with Crippen LogP contribution in [0.1, 0.15) is 21.5 Å². The van der Waals surface area contributed by atoms with Crippen molar-refractivity contribution < 1.29 is 13.6 Å². The van der Waals surface area contributed by atoms with E-state index in [-0.39, 0.29) is 12.0 Å². The molecule has 0 atom stereocenters. The summed E-state index contributed by atoms with van der Waals surface area (Å²) in [5, 5.41) is 0. The Bertz CT molecular complexity index is 621. The molecule has 0 radical (unpaired) electrons. The number of ketones is 1. The first-order valence-electron chi connectivity index (χ1n) is 5.71. The number of rotatable bonds is 3. The number of hydrogen-bond acceptors (Lipinski definition) is 1. The lowest BCUT2D eigenvalue weighted by molar-refractivity contribution is 0.0984. The van der Waals surface area contributed by atoms with Crippen LogP contribution in [0.5, 0.6) is 0 Å². The highest BCUT2D eigenvalue weighted by molar-refractivity contribution is 14.1. The number of halogens is 3. The molecule has 0 saturated heterocycles. The van der Waals surface area contributed by atoms with Gasteiger partial charge in [0.05, 0.1) is 5.56 Å². The van der Waals surface area contributed by atoms with Gasteiger partial charge < -0.3 is 0 Å². The average Bonchev–Trinajstić information content (AvgIpc) is 2.37. The van der Waals surface area contributed by atoms with Crippen molar-refractivity contribution in [2.75, 3.05) is 0 Å². The summed E-state index contributed by atoms with van der Waals surface area (Å²) < 4.78 is 28.4. The smallest absolute Gasteiger partial charge is 0.173 e. The van der Waals surface area contributed by atoms with Gasteiger partial charge in [0.2, 0.25) is 0 Å². The summed E-state index contributed by atoms with van der Waals surface area (Å²) in [4.78, 5) is 12.0. The second-order valence-corrected chi connectivity index (χ2v) is 5.53. The van der Waals surface area contributed by atoms with Gasteiger partial charge in [0.1, 0.15) is 11.6 Å². The van der Waals surface area contributed by atoms with Gasteiger partial charge in [-0.25, -0.2) is 8.78 Å². The van der Waals surface area contributed by atoms with Gasteiger partial charge in [0, 0.05) is 9.99 Å². The van der Waals surface area contributed by atoms with Crippen LogP contribution in [0, 0.1) is 22.1 Å². The number of Topliss-reactive ketones (excluding diaryl/α,β-unsaturated/α-hetero) is 1. The van der Waals surface area contributed by atoms with Gasteiger partial charge in [-0.05, 0) is 58.8 Å². The van der Waals surface area contributed by atoms with E-state index in [2.05, 4.69) is 22.6 Å². The molecule has 0 aliphatic heterocycles. The van der Waals surface area contributed by atoms with Gasteiger partial charge in [-0.2, -0.15) is 0 Å². The van der Waals surface area contributed by atoms with E-state index >= 15 is 0 Å². The van der Waals surface area contributed by atoms with E-state index in [4.69, 9.17) is 0 Å². The second kappa shape index (κ2) is 5.77. The first-order chi connectivity index (χ1) is 8.99. The molecule has 2 aromatic rings. The van der Waals surface area contributed by atoms with E-state index in [1.165, 1.54) is 13.0 Å². The Morgan fingerprint density at radius 2 is 1.74 bits per heavy atom. The Balaban J connectivity index is 2.30. The van der Waals surface area contributed by atoms with Crippen molar-refractivity contribution in [3.05, 3.63) is 68.3 Å². The maximum absolute atomic E-state index is 13.8. The van der Waals surface area contributed by atoms with Crippen molar-refractivity contribution in [2.45, 2.75) is 13.3 Å². The minimum absolute atomic E-state index is 0.00574. The molecule has 4 heteroatoms. The van der Waals surface area contributed by atoms with Crippen molar-refractivity contribution in [2.24, 2.45) is 0 Å². The molecule has 0 amide bonds. The number of hydrogen-bond donors (Lipinski definition) is 0. The van der Waals surface area contributed by atoms with Crippen LogP contribution in [-0.4, -0.2) is 5.78 Å². The van der Waals surface area contributed by atoms with Gasteiger partial charge in [-0.15, -0.1) is 0 Å². The van der Waals surface area contributed by atoms with Crippen LogP contribution in [-0.2, 0) is 6.42 Å². The molecule has 98 valence electrons. The monoisotopic (exact) mass is 372 g/mol. The molecular formula is C15H11F2IO.